The summed E-state index contributed by atoms with van der Waals surface area (Å²) in [6.45, 7) is 2.50. The fraction of sp³-hybridized carbons (Fsp3) is 0.393. The van der Waals surface area contributed by atoms with Crippen LogP contribution in [0.2, 0.25) is 0 Å². The summed E-state index contributed by atoms with van der Waals surface area (Å²) in [6.07, 6.45) is -0.631. The number of halogens is 1. The molecule has 190 valence electrons. The highest BCUT2D eigenvalue weighted by Crippen LogP contribution is 2.33. The largest absolute Gasteiger partial charge is 0.530 e. The molecule has 8 heteroatoms. The van der Waals surface area contributed by atoms with E-state index >= 15 is 0 Å². The summed E-state index contributed by atoms with van der Waals surface area (Å²) in [4.78, 5) is 12.8. The average Bonchev–Trinajstić information content (AvgIpc) is 3.41. The zero-order valence-corrected chi connectivity index (χ0v) is 19.9. The molecule has 2 saturated heterocycles. The van der Waals surface area contributed by atoms with Crippen molar-refractivity contribution in [2.75, 3.05) is 32.9 Å². The Balaban J connectivity index is 1.32. The number of piperidine rings is 1. The van der Waals surface area contributed by atoms with Crippen molar-refractivity contribution < 1.29 is 33.2 Å². The van der Waals surface area contributed by atoms with Gasteiger partial charge in [-0.3, -0.25) is 0 Å². The Kier molecular flexibility index (Phi) is 7.65. The van der Waals surface area contributed by atoms with E-state index in [4.69, 9.17) is 18.9 Å². The van der Waals surface area contributed by atoms with Crippen LogP contribution in [0.1, 0.15) is 29.9 Å². The molecule has 0 saturated carbocycles. The van der Waals surface area contributed by atoms with E-state index in [2.05, 4.69) is 6.07 Å². The Morgan fingerprint density at radius 1 is 1.08 bits per heavy atom. The van der Waals surface area contributed by atoms with Crippen LogP contribution in [0.3, 0.4) is 0 Å². The third-order valence-corrected chi connectivity index (χ3v) is 6.77. The van der Waals surface area contributed by atoms with E-state index in [1.807, 2.05) is 30.3 Å². The number of carbonyl (C=O) groups excluding carboxylic acids is 1. The summed E-state index contributed by atoms with van der Waals surface area (Å²) in [5.41, 5.74) is 1.85. The highest BCUT2D eigenvalue weighted by atomic mass is 19.1. The van der Waals surface area contributed by atoms with Gasteiger partial charge in [-0.2, -0.15) is 0 Å². The summed E-state index contributed by atoms with van der Waals surface area (Å²) in [7, 11) is 0. The van der Waals surface area contributed by atoms with Crippen LogP contribution in [0, 0.1) is 5.82 Å². The number of carbonyl (C=O) groups is 1. The lowest BCUT2D eigenvalue weighted by Crippen LogP contribution is -2.51. The number of likely N-dealkylation sites (tertiary alicyclic amines) is 1. The van der Waals surface area contributed by atoms with Crippen LogP contribution in [0.15, 0.2) is 60.7 Å². The van der Waals surface area contributed by atoms with Crippen molar-refractivity contribution in [3.05, 3.63) is 77.6 Å². The molecule has 0 bridgehead atoms. The van der Waals surface area contributed by atoms with Gasteiger partial charge in [-0.05, 0) is 47.2 Å². The maximum absolute atomic E-state index is 13.5. The van der Waals surface area contributed by atoms with Crippen LogP contribution in [-0.2, 0) is 20.8 Å². The van der Waals surface area contributed by atoms with Gasteiger partial charge in [0.25, 0.3) is 0 Å². The maximum atomic E-state index is 13.5. The average molecular weight is 495 g/mol. The monoisotopic (exact) mass is 494 g/mol. The van der Waals surface area contributed by atoms with Crippen molar-refractivity contribution in [3.63, 3.8) is 0 Å². The zero-order valence-electron chi connectivity index (χ0n) is 19.9. The number of ether oxygens (including phenoxy) is 4. The van der Waals surface area contributed by atoms with Gasteiger partial charge in [0.15, 0.2) is 6.29 Å². The molecule has 2 atom stereocenters. The maximum Gasteiger partial charge on any atom is 0.161 e. The Hall–Kier alpha value is -3.20. The molecule has 5 rings (SSSR count). The minimum Gasteiger partial charge on any atom is -0.530 e. The van der Waals surface area contributed by atoms with Crippen LogP contribution in [0.25, 0.3) is 10.8 Å². The molecule has 2 heterocycles. The van der Waals surface area contributed by atoms with Gasteiger partial charge in [-0.1, -0.05) is 36.4 Å². The predicted octanol–water partition coefficient (Wildman–Crippen LogP) is 3.84. The fourth-order valence-electron chi connectivity index (χ4n) is 4.92. The number of hydrogen-bond donors (Lipinski definition) is 0. The van der Waals surface area contributed by atoms with E-state index in [1.54, 1.807) is 12.1 Å². The summed E-state index contributed by atoms with van der Waals surface area (Å²) in [5, 5.41) is 13.5. The van der Waals surface area contributed by atoms with E-state index in [-0.39, 0.29) is 31.2 Å². The molecule has 0 aromatic heterocycles. The minimum atomic E-state index is -1.21. The molecule has 2 unspecified atom stereocenters. The first-order chi connectivity index (χ1) is 17.6. The Morgan fingerprint density at radius 2 is 1.86 bits per heavy atom. The second-order valence-corrected chi connectivity index (χ2v) is 9.13. The molecule has 0 spiro atoms. The van der Waals surface area contributed by atoms with E-state index < -0.39 is 12.2 Å². The number of rotatable bonds is 8. The van der Waals surface area contributed by atoms with Gasteiger partial charge in [0.05, 0.1) is 32.5 Å². The number of amides is 1. The first-order valence-corrected chi connectivity index (χ1v) is 12.3. The summed E-state index contributed by atoms with van der Waals surface area (Å²) in [5.74, 6) is 0.390. The molecule has 0 aliphatic carbocycles. The lowest BCUT2D eigenvalue weighted by molar-refractivity contribution is -0.268. The molecule has 3 aromatic carbocycles. The second kappa shape index (κ2) is 11.2. The lowest BCUT2D eigenvalue weighted by atomic mass is 9.87. The van der Waals surface area contributed by atoms with Gasteiger partial charge in [0, 0.05) is 30.8 Å². The first-order valence-electron chi connectivity index (χ1n) is 12.3. The van der Waals surface area contributed by atoms with Gasteiger partial charge in [0.1, 0.15) is 17.7 Å². The predicted molar refractivity (Wildman–Crippen MR) is 129 cm³/mol. The third kappa shape index (κ3) is 5.78. The zero-order chi connectivity index (χ0) is 24.9. The van der Waals surface area contributed by atoms with Crippen molar-refractivity contribution >= 4 is 16.9 Å². The highest BCUT2D eigenvalue weighted by Gasteiger charge is 2.31. The molecule has 2 aliphatic rings. The fourth-order valence-corrected chi connectivity index (χ4v) is 4.92. The molecule has 0 N–H and O–H groups in total. The number of hydrogen-bond acceptors (Lipinski definition) is 6. The first kappa shape index (κ1) is 24.5. The van der Waals surface area contributed by atoms with Gasteiger partial charge in [0.2, 0.25) is 0 Å². The van der Waals surface area contributed by atoms with E-state index in [9.17, 15) is 14.3 Å². The number of nitrogens with zero attached hydrogens (tertiary/aromatic N) is 1. The standard InChI is InChI=1S/C28H30FNO6/c29-22-7-5-20(6-8-22)24-9-11-30(28(31)32)17-26(24)36-18-19-15-21-3-1-2-4-23(21)25(16-19)33-12-10-27-34-13-14-35-27/h1-8,15-16,24,26-27H,9-14,17-18H2,(H,31,32)/p-1. The highest BCUT2D eigenvalue weighted by molar-refractivity contribution is 5.89. The summed E-state index contributed by atoms with van der Waals surface area (Å²) in [6, 6.07) is 18.3. The molecule has 36 heavy (non-hydrogen) atoms. The topological polar surface area (TPSA) is 80.3 Å². The molecular formula is C28H29FNO6-. The third-order valence-electron chi connectivity index (χ3n) is 6.77. The van der Waals surface area contributed by atoms with Crippen LogP contribution in [-0.4, -0.2) is 56.3 Å². The Labute approximate surface area is 209 Å². The van der Waals surface area contributed by atoms with Crippen molar-refractivity contribution in [2.45, 2.75) is 37.8 Å². The summed E-state index contributed by atoms with van der Waals surface area (Å²) >= 11 is 0. The molecule has 2 fully saturated rings. The molecular weight excluding hydrogens is 465 g/mol. The van der Waals surface area contributed by atoms with Crippen molar-refractivity contribution in [2.24, 2.45) is 0 Å². The molecule has 2 aliphatic heterocycles. The van der Waals surface area contributed by atoms with Crippen molar-refractivity contribution in [1.82, 2.24) is 4.90 Å². The smallest absolute Gasteiger partial charge is 0.161 e. The van der Waals surface area contributed by atoms with E-state index in [0.717, 1.165) is 27.6 Å². The minimum absolute atomic E-state index is 0.0520. The van der Waals surface area contributed by atoms with Crippen LogP contribution < -0.4 is 9.84 Å². The summed E-state index contributed by atoms with van der Waals surface area (Å²) < 4.78 is 36.9. The number of fused-ring (bicyclic) bond motifs is 1. The second-order valence-electron chi connectivity index (χ2n) is 9.13. The molecule has 1 amide bonds. The van der Waals surface area contributed by atoms with Gasteiger partial charge in [-0.25, -0.2) is 4.39 Å². The molecule has 0 radical (unpaired) electrons. The normalized spacial score (nSPS) is 20.6. The van der Waals surface area contributed by atoms with Crippen molar-refractivity contribution in [3.8, 4) is 5.75 Å². The number of benzene rings is 3. The molecule has 7 nitrogen and oxygen atoms in total. The van der Waals surface area contributed by atoms with Crippen LogP contribution in [0.5, 0.6) is 5.75 Å². The Bertz CT molecular complexity index is 1180. The van der Waals surface area contributed by atoms with Gasteiger partial charge >= 0.3 is 0 Å². The van der Waals surface area contributed by atoms with Crippen LogP contribution in [0.4, 0.5) is 9.18 Å². The van der Waals surface area contributed by atoms with Crippen molar-refractivity contribution in [1.29, 1.82) is 0 Å². The van der Waals surface area contributed by atoms with Gasteiger partial charge in [-0.15, -0.1) is 0 Å². The number of carboxylic acid groups (broad SMARTS) is 1. The van der Waals surface area contributed by atoms with Gasteiger partial charge < -0.3 is 33.7 Å². The van der Waals surface area contributed by atoms with E-state index in [0.29, 0.717) is 39.2 Å². The SMILES string of the molecule is O=C([O-])N1CCC(c2ccc(F)cc2)C(OCc2cc(OCCC3OCCO3)c3ccccc3c2)C1. The lowest BCUT2D eigenvalue weighted by Gasteiger charge is -2.40. The Morgan fingerprint density at radius 3 is 2.64 bits per heavy atom. The van der Waals surface area contributed by atoms with Crippen LogP contribution >= 0.6 is 0 Å². The quantitative estimate of drug-likeness (QED) is 0.474. The molecule has 3 aromatic rings. The van der Waals surface area contributed by atoms with E-state index in [1.165, 1.54) is 17.0 Å².